The fourth-order valence-corrected chi connectivity index (χ4v) is 0.118. The Balaban J connectivity index is -0.0000000800. The summed E-state index contributed by atoms with van der Waals surface area (Å²) >= 11 is 0. The predicted octanol–water partition coefficient (Wildman–Crippen LogP) is 1.51. The van der Waals surface area contributed by atoms with E-state index in [1.165, 1.54) is 0 Å². The molecule has 0 rings (SSSR count). The Morgan fingerprint density at radius 1 is 1.00 bits per heavy atom. The molecule has 7 heavy (non-hydrogen) atoms. The summed E-state index contributed by atoms with van der Waals surface area (Å²) in [5.41, 5.74) is 0. The summed E-state index contributed by atoms with van der Waals surface area (Å²) in [4.78, 5) is 0. The zero-order chi connectivity index (χ0) is 4.12. The van der Waals surface area contributed by atoms with Crippen molar-refractivity contribution in [2.24, 2.45) is 0 Å². The lowest BCUT2D eigenvalue weighted by molar-refractivity contribution is -0.00271. The van der Waals surface area contributed by atoms with Gasteiger partial charge in [-0.05, 0) is 0 Å². The fourth-order valence-electron chi connectivity index (χ4n) is 0.118. The van der Waals surface area contributed by atoms with Gasteiger partial charge >= 0.3 is 0 Å². The molecule has 0 aliphatic carbocycles. The molecule has 2 heteroatoms. The molecule has 0 aliphatic heterocycles. The summed E-state index contributed by atoms with van der Waals surface area (Å²) in [6.45, 7) is 0.389. The van der Waals surface area contributed by atoms with Crippen LogP contribution in [0.3, 0.4) is 0 Å². The molecule has 0 aromatic heterocycles. The van der Waals surface area contributed by atoms with Crippen molar-refractivity contribution in [3.63, 3.8) is 0 Å². The molecule has 0 bridgehead atoms. The van der Waals surface area contributed by atoms with E-state index >= 15 is 0 Å². The quantitative estimate of drug-likeness (QED) is 0.499. The second-order valence-electron chi connectivity index (χ2n) is 0.695. The van der Waals surface area contributed by atoms with E-state index in [2.05, 4.69) is 9.47 Å². The first-order valence-corrected chi connectivity index (χ1v) is 1.39. The monoisotopic (exact) mass is 108 g/mol. The topological polar surface area (TPSA) is 18.5 Å². The van der Waals surface area contributed by atoms with Gasteiger partial charge in [-0.2, -0.15) is 0 Å². The summed E-state index contributed by atoms with van der Waals surface area (Å²) in [6, 6.07) is 0. The van der Waals surface area contributed by atoms with Crippen LogP contribution in [0.15, 0.2) is 0 Å². The minimum atomic E-state index is 0. The third-order valence-electron chi connectivity index (χ3n) is 0.236. The molecule has 48 valence electrons. The predicted molar refractivity (Wildman–Crippen MR) is 32.3 cm³/mol. The number of hydrogen-bond donors (Lipinski definition) is 0. The smallest absolute Gasteiger partial charge is 0.145 e. The highest BCUT2D eigenvalue weighted by molar-refractivity contribution is 3.84. The van der Waals surface area contributed by atoms with Gasteiger partial charge in [0, 0.05) is 14.2 Å². The lowest BCUT2D eigenvalue weighted by Gasteiger charge is -1.87. The van der Waals surface area contributed by atoms with Gasteiger partial charge in [0.05, 0.1) is 0 Å². The maximum Gasteiger partial charge on any atom is 0.145 e. The Hall–Kier alpha value is -0.0800. The molecular formula is C5H16O2. The molecule has 0 aromatic rings. The molecule has 0 radical (unpaired) electrons. The average Bonchev–Trinajstić information content (AvgIpc) is 1.41. The third-order valence-corrected chi connectivity index (χ3v) is 0.236. The van der Waals surface area contributed by atoms with Crippen molar-refractivity contribution >= 4 is 0 Å². The van der Waals surface area contributed by atoms with Crippen molar-refractivity contribution in [2.45, 2.75) is 14.9 Å². The molecule has 0 atom stereocenters. The van der Waals surface area contributed by atoms with Crippen molar-refractivity contribution in [3.05, 3.63) is 0 Å². The highest BCUT2D eigenvalue weighted by atomic mass is 16.6. The van der Waals surface area contributed by atoms with Gasteiger partial charge in [0.15, 0.2) is 0 Å². The van der Waals surface area contributed by atoms with Crippen LogP contribution in [0.1, 0.15) is 14.9 Å². The first kappa shape index (κ1) is 15.8. The minimum Gasteiger partial charge on any atom is -0.359 e. The largest absolute Gasteiger partial charge is 0.359 e. The van der Waals surface area contributed by atoms with Crippen LogP contribution < -0.4 is 0 Å². The lowest BCUT2D eigenvalue weighted by atomic mass is 11.4. The van der Waals surface area contributed by atoms with Gasteiger partial charge in [-0.1, -0.05) is 14.9 Å². The Morgan fingerprint density at radius 2 is 1.29 bits per heavy atom. The van der Waals surface area contributed by atoms with E-state index in [0.717, 1.165) is 0 Å². The second kappa shape index (κ2) is 16.8. The molecule has 0 amide bonds. The van der Waals surface area contributed by atoms with Crippen LogP contribution in [0, 0.1) is 0 Å². The van der Waals surface area contributed by atoms with Crippen molar-refractivity contribution in [3.8, 4) is 0 Å². The minimum absolute atomic E-state index is 0. The van der Waals surface area contributed by atoms with Gasteiger partial charge in [0.1, 0.15) is 6.79 Å². The zero-order valence-electron chi connectivity index (χ0n) is 3.52. The first-order valence-electron chi connectivity index (χ1n) is 1.39. The van der Waals surface area contributed by atoms with Crippen molar-refractivity contribution in [2.75, 3.05) is 21.0 Å². The molecule has 0 spiro atoms. The van der Waals surface area contributed by atoms with Crippen LogP contribution in [-0.4, -0.2) is 21.0 Å². The lowest BCUT2D eigenvalue weighted by Crippen LogP contribution is -1.87. The maximum atomic E-state index is 4.47. The van der Waals surface area contributed by atoms with E-state index in [-0.39, 0.29) is 14.9 Å². The number of methoxy groups -OCH3 is 2. The molecule has 0 aromatic carbocycles. The molecule has 0 aliphatic rings. The number of ether oxygens (including phenoxy) is 2. The molecular weight excluding hydrogens is 92.1 g/mol. The van der Waals surface area contributed by atoms with E-state index in [1.54, 1.807) is 14.2 Å². The molecule has 0 saturated carbocycles. The van der Waals surface area contributed by atoms with E-state index < -0.39 is 0 Å². The van der Waals surface area contributed by atoms with Crippen molar-refractivity contribution in [1.29, 1.82) is 0 Å². The van der Waals surface area contributed by atoms with Crippen LogP contribution in [0.5, 0.6) is 0 Å². The van der Waals surface area contributed by atoms with E-state index in [1.807, 2.05) is 0 Å². The molecule has 0 unspecified atom stereocenters. The van der Waals surface area contributed by atoms with Crippen LogP contribution in [0.2, 0.25) is 0 Å². The summed E-state index contributed by atoms with van der Waals surface area (Å²) in [6.07, 6.45) is 0. The maximum absolute atomic E-state index is 4.47. The summed E-state index contributed by atoms with van der Waals surface area (Å²) in [7, 11) is 3.17. The first-order chi connectivity index (χ1) is 2.41. The summed E-state index contributed by atoms with van der Waals surface area (Å²) in [5.74, 6) is 0. The van der Waals surface area contributed by atoms with Gasteiger partial charge in [-0.3, -0.25) is 0 Å². The van der Waals surface area contributed by atoms with Gasteiger partial charge in [-0.15, -0.1) is 0 Å². The second-order valence-corrected chi connectivity index (χ2v) is 0.695. The number of hydrogen-bond acceptors (Lipinski definition) is 2. The van der Waals surface area contributed by atoms with E-state index in [0.29, 0.717) is 6.79 Å². The van der Waals surface area contributed by atoms with Gasteiger partial charge in [0.25, 0.3) is 0 Å². The Kier molecular flexibility index (Phi) is 37.9. The molecule has 0 saturated heterocycles. The standard InChI is InChI=1S/C3H8O2.2CH4/c1-4-3-5-2;;/h3H2,1-2H3;2*1H4. The van der Waals surface area contributed by atoms with Crippen LogP contribution in [0.25, 0.3) is 0 Å². The molecule has 0 heterocycles. The van der Waals surface area contributed by atoms with E-state index in [9.17, 15) is 0 Å². The van der Waals surface area contributed by atoms with Gasteiger partial charge in [0.2, 0.25) is 0 Å². The summed E-state index contributed by atoms with van der Waals surface area (Å²) < 4.78 is 8.94. The molecule has 0 N–H and O–H groups in total. The van der Waals surface area contributed by atoms with Crippen molar-refractivity contribution < 1.29 is 9.47 Å². The highest BCUT2D eigenvalue weighted by Crippen LogP contribution is 1.60. The zero-order valence-corrected chi connectivity index (χ0v) is 3.52. The summed E-state index contributed by atoms with van der Waals surface area (Å²) in [5, 5.41) is 0. The Labute approximate surface area is 46.4 Å². The normalized spacial score (nSPS) is 6.00. The average molecular weight is 108 g/mol. The molecule has 2 nitrogen and oxygen atoms in total. The van der Waals surface area contributed by atoms with Crippen LogP contribution >= 0.6 is 0 Å². The number of rotatable bonds is 2. The Morgan fingerprint density at radius 3 is 1.29 bits per heavy atom. The third kappa shape index (κ3) is 24.7. The molecule has 0 fully saturated rings. The van der Waals surface area contributed by atoms with Gasteiger partial charge < -0.3 is 9.47 Å². The Bertz CT molecular complexity index is 13.6. The highest BCUT2D eigenvalue weighted by Gasteiger charge is 1.63. The van der Waals surface area contributed by atoms with Gasteiger partial charge in [-0.25, -0.2) is 0 Å². The van der Waals surface area contributed by atoms with Crippen LogP contribution in [0.4, 0.5) is 0 Å². The van der Waals surface area contributed by atoms with Crippen molar-refractivity contribution in [1.82, 2.24) is 0 Å². The van der Waals surface area contributed by atoms with E-state index in [4.69, 9.17) is 0 Å². The fraction of sp³-hybridized carbons (Fsp3) is 1.00. The van der Waals surface area contributed by atoms with Crippen LogP contribution in [-0.2, 0) is 9.47 Å². The SMILES string of the molecule is C.C.COCOC.